The lowest BCUT2D eigenvalue weighted by Gasteiger charge is -2.35. The molecular weight excluding hydrogens is 316 g/mol. The molecule has 5 heteroatoms. The van der Waals surface area contributed by atoms with Crippen LogP contribution in [0.5, 0.6) is 0 Å². The highest BCUT2D eigenvalue weighted by Crippen LogP contribution is 2.28. The highest BCUT2D eigenvalue weighted by atomic mass is 16.5. The van der Waals surface area contributed by atoms with E-state index in [0.29, 0.717) is 38.5 Å². The van der Waals surface area contributed by atoms with Crippen molar-refractivity contribution in [2.75, 3.05) is 31.6 Å². The third-order valence-corrected chi connectivity index (χ3v) is 5.54. The Hall–Kier alpha value is -2.04. The molecule has 1 saturated carbocycles. The van der Waals surface area contributed by atoms with Gasteiger partial charge in [0.15, 0.2) is 0 Å². The minimum absolute atomic E-state index is 0.0610. The van der Waals surface area contributed by atoms with E-state index in [1.54, 1.807) is 0 Å². The van der Waals surface area contributed by atoms with Crippen molar-refractivity contribution in [1.82, 2.24) is 4.90 Å². The number of ether oxygens (including phenoxy) is 1. The molecule has 3 rings (SSSR count). The molecule has 25 heavy (non-hydrogen) atoms. The van der Waals surface area contributed by atoms with Gasteiger partial charge in [-0.05, 0) is 37.8 Å². The number of esters is 1. The first-order chi connectivity index (χ1) is 12.2. The van der Waals surface area contributed by atoms with Gasteiger partial charge in [0.2, 0.25) is 5.91 Å². The Balaban J connectivity index is 1.62. The van der Waals surface area contributed by atoms with Crippen LogP contribution in [0.3, 0.4) is 0 Å². The maximum atomic E-state index is 12.9. The Bertz CT molecular complexity index is 576. The minimum Gasteiger partial charge on any atom is -0.469 e. The number of nitrogens with zero attached hydrogens (tertiary/aromatic N) is 2. The van der Waals surface area contributed by atoms with Gasteiger partial charge in [0.1, 0.15) is 0 Å². The second-order valence-corrected chi connectivity index (χ2v) is 7.08. The van der Waals surface area contributed by atoms with Crippen LogP contribution in [-0.2, 0) is 14.3 Å². The fourth-order valence-corrected chi connectivity index (χ4v) is 4.04. The van der Waals surface area contributed by atoms with Crippen molar-refractivity contribution in [1.29, 1.82) is 0 Å². The van der Waals surface area contributed by atoms with Gasteiger partial charge < -0.3 is 14.5 Å². The quantitative estimate of drug-likeness (QED) is 0.771. The zero-order valence-corrected chi connectivity index (χ0v) is 15.0. The van der Waals surface area contributed by atoms with Gasteiger partial charge in [-0.15, -0.1) is 0 Å². The molecule has 1 aliphatic carbocycles. The number of rotatable bonds is 5. The summed E-state index contributed by atoms with van der Waals surface area (Å²) < 4.78 is 4.82. The summed E-state index contributed by atoms with van der Waals surface area (Å²) in [5, 5.41) is 0. The van der Waals surface area contributed by atoms with Crippen LogP contribution >= 0.6 is 0 Å². The van der Waals surface area contributed by atoms with Gasteiger partial charge in [0.25, 0.3) is 0 Å². The van der Waals surface area contributed by atoms with Gasteiger partial charge in [0, 0.05) is 24.8 Å². The van der Waals surface area contributed by atoms with Crippen LogP contribution in [0.15, 0.2) is 30.3 Å². The number of piperidine rings is 1. The number of amides is 1. The molecule has 0 radical (unpaired) electrons. The lowest BCUT2D eigenvalue weighted by Crippen LogP contribution is -2.47. The van der Waals surface area contributed by atoms with E-state index in [2.05, 4.69) is 17.0 Å². The molecule has 1 heterocycles. The number of hydrogen-bond donors (Lipinski definition) is 0. The number of hydrogen-bond acceptors (Lipinski definition) is 4. The molecular formula is C20H28N2O3. The predicted octanol–water partition coefficient (Wildman–Crippen LogP) is 2.85. The van der Waals surface area contributed by atoms with E-state index >= 15 is 0 Å². The van der Waals surface area contributed by atoms with Crippen LogP contribution in [0.25, 0.3) is 0 Å². The second-order valence-electron chi connectivity index (χ2n) is 7.08. The smallest absolute Gasteiger partial charge is 0.308 e. The summed E-state index contributed by atoms with van der Waals surface area (Å²) in [5.41, 5.74) is 1.13. The fraction of sp³-hybridized carbons (Fsp3) is 0.600. The Morgan fingerprint density at radius 2 is 1.72 bits per heavy atom. The SMILES string of the molecule is COC(=O)C1CCN(C(=O)CN(c2ccccc2)C2CCCC2)CC1. The van der Waals surface area contributed by atoms with E-state index in [0.717, 1.165) is 18.5 Å². The molecule has 0 unspecified atom stereocenters. The Labute approximate surface area is 149 Å². The van der Waals surface area contributed by atoms with E-state index in [4.69, 9.17) is 4.74 Å². The molecule has 1 aromatic carbocycles. The monoisotopic (exact) mass is 344 g/mol. The molecule has 0 aromatic heterocycles. The average molecular weight is 344 g/mol. The van der Waals surface area contributed by atoms with E-state index in [1.807, 2.05) is 23.1 Å². The average Bonchev–Trinajstić information content (AvgIpc) is 3.20. The number of likely N-dealkylation sites (tertiary alicyclic amines) is 1. The number of anilines is 1. The van der Waals surface area contributed by atoms with Gasteiger partial charge in [-0.1, -0.05) is 31.0 Å². The second kappa shape index (κ2) is 8.37. The number of carbonyl (C=O) groups is 2. The predicted molar refractivity (Wildman–Crippen MR) is 97.4 cm³/mol. The van der Waals surface area contributed by atoms with Crippen molar-refractivity contribution in [3.8, 4) is 0 Å². The Morgan fingerprint density at radius 3 is 2.32 bits per heavy atom. The summed E-state index contributed by atoms with van der Waals surface area (Å²) in [6, 6.07) is 10.7. The maximum absolute atomic E-state index is 12.9. The summed E-state index contributed by atoms with van der Waals surface area (Å²) >= 11 is 0. The summed E-state index contributed by atoms with van der Waals surface area (Å²) in [6.45, 7) is 1.72. The van der Waals surface area contributed by atoms with Crippen LogP contribution in [0.2, 0.25) is 0 Å². The normalized spacial score (nSPS) is 19.0. The van der Waals surface area contributed by atoms with Gasteiger partial charge in [-0.25, -0.2) is 0 Å². The molecule has 1 aliphatic heterocycles. The van der Waals surface area contributed by atoms with E-state index in [9.17, 15) is 9.59 Å². The lowest BCUT2D eigenvalue weighted by molar-refractivity contribution is -0.148. The lowest BCUT2D eigenvalue weighted by atomic mass is 9.97. The van der Waals surface area contributed by atoms with E-state index < -0.39 is 0 Å². The molecule has 0 bridgehead atoms. The molecule has 1 saturated heterocycles. The van der Waals surface area contributed by atoms with Gasteiger partial charge in [-0.3, -0.25) is 9.59 Å². The number of methoxy groups -OCH3 is 1. The van der Waals surface area contributed by atoms with Crippen molar-refractivity contribution >= 4 is 17.6 Å². The first-order valence-electron chi connectivity index (χ1n) is 9.36. The highest BCUT2D eigenvalue weighted by Gasteiger charge is 2.30. The Kier molecular flexibility index (Phi) is 5.95. The molecule has 136 valence electrons. The third-order valence-electron chi connectivity index (χ3n) is 5.54. The van der Waals surface area contributed by atoms with Crippen LogP contribution in [0.1, 0.15) is 38.5 Å². The molecule has 0 N–H and O–H groups in total. The molecule has 5 nitrogen and oxygen atoms in total. The van der Waals surface area contributed by atoms with E-state index in [-0.39, 0.29) is 17.8 Å². The third kappa shape index (κ3) is 4.33. The molecule has 0 spiro atoms. The molecule has 2 aliphatic rings. The molecule has 0 atom stereocenters. The van der Waals surface area contributed by atoms with Crippen LogP contribution in [0, 0.1) is 5.92 Å². The number of benzene rings is 1. The number of para-hydroxylation sites is 1. The standard InChI is InChI=1S/C20H28N2O3/c1-25-20(24)16-11-13-21(14-12-16)19(23)15-22(18-9-5-6-10-18)17-7-3-2-4-8-17/h2-4,7-8,16,18H,5-6,9-15H2,1H3. The highest BCUT2D eigenvalue weighted by molar-refractivity contribution is 5.82. The molecule has 2 fully saturated rings. The van der Waals surface area contributed by atoms with Crippen molar-refractivity contribution in [2.24, 2.45) is 5.92 Å². The summed E-state index contributed by atoms with van der Waals surface area (Å²) in [6.07, 6.45) is 6.21. The molecule has 1 amide bonds. The molecule has 1 aromatic rings. The first kappa shape index (κ1) is 17.8. The van der Waals surface area contributed by atoms with Crippen molar-refractivity contribution in [3.05, 3.63) is 30.3 Å². The summed E-state index contributed by atoms with van der Waals surface area (Å²) in [4.78, 5) is 28.7. The van der Waals surface area contributed by atoms with Crippen molar-refractivity contribution in [2.45, 2.75) is 44.6 Å². The van der Waals surface area contributed by atoms with Gasteiger partial charge in [-0.2, -0.15) is 0 Å². The van der Waals surface area contributed by atoms with Gasteiger partial charge in [0.05, 0.1) is 19.6 Å². The van der Waals surface area contributed by atoms with Crippen LogP contribution in [0.4, 0.5) is 5.69 Å². The Morgan fingerprint density at radius 1 is 1.08 bits per heavy atom. The maximum Gasteiger partial charge on any atom is 0.308 e. The van der Waals surface area contributed by atoms with E-state index in [1.165, 1.54) is 20.0 Å². The van der Waals surface area contributed by atoms with Gasteiger partial charge >= 0.3 is 5.97 Å². The zero-order chi connectivity index (χ0) is 17.6. The van der Waals surface area contributed by atoms with Crippen molar-refractivity contribution in [3.63, 3.8) is 0 Å². The minimum atomic E-state index is -0.149. The van der Waals surface area contributed by atoms with Crippen molar-refractivity contribution < 1.29 is 14.3 Å². The first-order valence-corrected chi connectivity index (χ1v) is 9.36. The zero-order valence-electron chi connectivity index (χ0n) is 15.0. The van der Waals surface area contributed by atoms with Crippen LogP contribution in [-0.4, -0.2) is 49.6 Å². The van der Waals surface area contributed by atoms with Crippen LogP contribution < -0.4 is 4.90 Å². The topological polar surface area (TPSA) is 49.9 Å². The summed E-state index contributed by atoms with van der Waals surface area (Å²) in [7, 11) is 1.43. The number of carbonyl (C=O) groups excluding carboxylic acids is 2. The fourth-order valence-electron chi connectivity index (χ4n) is 4.04. The summed E-state index contributed by atoms with van der Waals surface area (Å²) in [5.74, 6) is -0.0443. The largest absolute Gasteiger partial charge is 0.469 e.